The van der Waals surface area contributed by atoms with Gasteiger partial charge in [0.25, 0.3) is 0 Å². The molecule has 5 rings (SSSR count). The van der Waals surface area contributed by atoms with E-state index in [1.165, 1.54) is 31.3 Å². The number of carboxylic acids is 1. The van der Waals surface area contributed by atoms with Crippen LogP contribution in [0.25, 0.3) is 11.0 Å². The highest BCUT2D eigenvalue weighted by Gasteiger charge is 2.49. The lowest BCUT2D eigenvalue weighted by atomic mass is 9.98. The molecule has 1 aliphatic carbocycles. The molecule has 1 N–H and O–H groups in total. The molecule has 9 nitrogen and oxygen atoms in total. The third-order valence-corrected chi connectivity index (χ3v) is 7.55. The summed E-state index contributed by atoms with van der Waals surface area (Å²) >= 11 is 0. The van der Waals surface area contributed by atoms with Gasteiger partial charge in [0.05, 0.1) is 29.1 Å². The molecule has 1 aromatic heterocycles. The van der Waals surface area contributed by atoms with Crippen molar-refractivity contribution in [3.8, 4) is 0 Å². The highest BCUT2D eigenvalue weighted by Crippen LogP contribution is 2.44. The first kappa shape index (κ1) is 28.2. The maximum atomic E-state index is 13.7. The Morgan fingerprint density at radius 1 is 1.02 bits per heavy atom. The van der Waals surface area contributed by atoms with Gasteiger partial charge < -0.3 is 5.11 Å². The molecule has 15 heteroatoms. The molecule has 1 saturated heterocycles. The molecule has 0 saturated carbocycles. The van der Waals surface area contributed by atoms with Crippen LogP contribution in [0, 0.1) is 5.92 Å². The first-order valence-corrected chi connectivity index (χ1v) is 12.4. The second-order valence-corrected chi connectivity index (χ2v) is 9.95. The number of nitrogens with zero attached hydrogens (tertiary/aromatic N) is 4. The predicted octanol–water partition coefficient (Wildman–Crippen LogP) is 4.47. The molecule has 0 radical (unpaired) electrons. The fraction of sp³-hybridized carbons (Fsp3) is 0.385. The number of urea groups is 1. The van der Waals surface area contributed by atoms with E-state index in [2.05, 4.69) is 0 Å². The summed E-state index contributed by atoms with van der Waals surface area (Å²) in [6.07, 6.45) is -10.7. The lowest BCUT2D eigenvalue weighted by Gasteiger charge is -2.40. The zero-order chi connectivity index (χ0) is 30.0. The van der Waals surface area contributed by atoms with Crippen LogP contribution in [0.5, 0.6) is 0 Å². The van der Waals surface area contributed by atoms with E-state index in [1.54, 1.807) is 0 Å². The summed E-state index contributed by atoms with van der Waals surface area (Å²) in [5.41, 5.74) is -1.37. The fourth-order valence-corrected chi connectivity index (χ4v) is 5.61. The van der Waals surface area contributed by atoms with E-state index in [-0.39, 0.29) is 40.7 Å². The Morgan fingerprint density at radius 3 is 2.37 bits per heavy atom. The van der Waals surface area contributed by atoms with Crippen molar-refractivity contribution < 1.29 is 45.8 Å². The van der Waals surface area contributed by atoms with Crippen LogP contribution in [-0.4, -0.2) is 49.8 Å². The highest BCUT2D eigenvalue weighted by atomic mass is 19.4. The van der Waals surface area contributed by atoms with Gasteiger partial charge in [0.2, 0.25) is 5.91 Å². The van der Waals surface area contributed by atoms with Crippen molar-refractivity contribution in [2.45, 2.75) is 44.2 Å². The monoisotopic (exact) mass is 584 g/mol. The number of aromatic nitrogens is 2. The molecule has 2 heterocycles. The molecule has 3 amide bonds. The molecular weight excluding hydrogens is 562 g/mol. The smallest absolute Gasteiger partial charge is 0.416 e. The Morgan fingerprint density at radius 2 is 1.73 bits per heavy atom. The van der Waals surface area contributed by atoms with Gasteiger partial charge in [-0.2, -0.15) is 26.3 Å². The summed E-state index contributed by atoms with van der Waals surface area (Å²) < 4.78 is 81.6. The molecular formula is C26H22F6N4O5. The molecule has 218 valence electrons. The highest BCUT2D eigenvalue weighted by molar-refractivity contribution is 6.13. The minimum Gasteiger partial charge on any atom is -0.481 e. The first-order chi connectivity index (χ1) is 19.1. The summed E-state index contributed by atoms with van der Waals surface area (Å²) in [5, 5.41) is 9.78. The van der Waals surface area contributed by atoms with Crippen LogP contribution in [0.4, 0.5) is 36.8 Å². The number of amides is 3. The lowest BCUT2D eigenvalue weighted by molar-refractivity contribution is -0.151. The van der Waals surface area contributed by atoms with Crippen LogP contribution in [0.15, 0.2) is 41.2 Å². The van der Waals surface area contributed by atoms with Gasteiger partial charge in [-0.15, -0.1) is 0 Å². The van der Waals surface area contributed by atoms with Gasteiger partial charge in [0.1, 0.15) is 0 Å². The number of alkyl halides is 6. The van der Waals surface area contributed by atoms with Crippen molar-refractivity contribution >= 4 is 34.6 Å². The molecule has 3 aromatic rings. The van der Waals surface area contributed by atoms with E-state index >= 15 is 0 Å². The number of halogens is 6. The third kappa shape index (κ3) is 4.82. The minimum atomic E-state index is -4.68. The number of hydrogen-bond donors (Lipinski definition) is 1. The topological polar surface area (TPSA) is 105 Å². The lowest BCUT2D eigenvalue weighted by Crippen LogP contribution is -2.59. The van der Waals surface area contributed by atoms with E-state index in [0.29, 0.717) is 4.90 Å². The summed E-state index contributed by atoms with van der Waals surface area (Å²) in [6, 6.07) is 5.21. The Hall–Kier alpha value is -4.30. The van der Waals surface area contributed by atoms with E-state index in [9.17, 15) is 50.6 Å². The number of benzene rings is 2. The molecule has 2 atom stereocenters. The summed E-state index contributed by atoms with van der Waals surface area (Å²) in [7, 11) is 1.36. The quantitative estimate of drug-likeness (QED) is 0.352. The SMILES string of the molecule is Cn1c(=O)n(CCC(F)(F)F)c2cc(N3CC(C(=O)O)C(=O)N([C@@H]4CCc5c4cccc5C(F)(F)F)C3=O)ccc21. The average Bonchev–Trinajstić information content (AvgIpc) is 3.40. The number of hydrogen-bond acceptors (Lipinski definition) is 4. The molecule has 0 spiro atoms. The zero-order valence-corrected chi connectivity index (χ0v) is 21.3. The van der Waals surface area contributed by atoms with Crippen LogP contribution >= 0.6 is 0 Å². The standard InChI is InChI=1S/C26H22F6N4O5/c1-33-19-7-5-13(11-20(19)34(23(33)40)10-9-25(27,28)29)35-12-16(22(38)39)21(37)36(24(35)41)18-8-6-14-15(18)3-2-4-17(14)26(30,31)32/h2-5,7,11,16,18H,6,8-10,12H2,1H3,(H,38,39)/t16?,18-/m1/s1. The molecule has 0 bridgehead atoms. The van der Waals surface area contributed by atoms with Gasteiger partial charge in [-0.25, -0.2) is 9.59 Å². The molecule has 1 aliphatic heterocycles. The average molecular weight is 584 g/mol. The second-order valence-electron chi connectivity index (χ2n) is 9.95. The number of aliphatic carboxylic acids is 1. The van der Waals surface area contributed by atoms with Gasteiger partial charge >= 0.3 is 30.0 Å². The molecule has 1 fully saturated rings. The van der Waals surface area contributed by atoms with Crippen molar-refractivity contribution in [1.82, 2.24) is 14.0 Å². The number of rotatable bonds is 5. The number of carbonyl (C=O) groups is 3. The Balaban J connectivity index is 1.58. The number of aryl methyl sites for hydroxylation is 2. The third-order valence-electron chi connectivity index (χ3n) is 7.55. The predicted molar refractivity (Wildman–Crippen MR) is 131 cm³/mol. The fourth-order valence-electron chi connectivity index (χ4n) is 5.61. The largest absolute Gasteiger partial charge is 0.481 e. The van der Waals surface area contributed by atoms with Crippen molar-refractivity contribution in [1.29, 1.82) is 0 Å². The van der Waals surface area contributed by atoms with E-state index < -0.39 is 73.0 Å². The van der Waals surface area contributed by atoms with Gasteiger partial charge in [-0.05, 0) is 48.2 Å². The van der Waals surface area contributed by atoms with Crippen molar-refractivity contribution in [2.24, 2.45) is 13.0 Å². The van der Waals surface area contributed by atoms with E-state index in [1.807, 2.05) is 0 Å². The van der Waals surface area contributed by atoms with Crippen LogP contribution in [0.1, 0.15) is 35.6 Å². The summed E-state index contributed by atoms with van der Waals surface area (Å²) in [4.78, 5) is 53.3. The van der Waals surface area contributed by atoms with Gasteiger partial charge in [0, 0.05) is 25.8 Å². The van der Waals surface area contributed by atoms with E-state index in [4.69, 9.17) is 0 Å². The van der Waals surface area contributed by atoms with Crippen molar-refractivity contribution in [2.75, 3.05) is 11.4 Å². The van der Waals surface area contributed by atoms with Crippen molar-refractivity contribution in [3.63, 3.8) is 0 Å². The second kappa shape index (κ2) is 9.66. The zero-order valence-electron chi connectivity index (χ0n) is 21.3. The number of fused-ring (bicyclic) bond motifs is 2. The Bertz CT molecular complexity index is 1640. The number of anilines is 1. The van der Waals surface area contributed by atoms with Crippen LogP contribution in [-0.2, 0) is 35.8 Å². The maximum Gasteiger partial charge on any atom is 0.416 e. The first-order valence-electron chi connectivity index (χ1n) is 12.4. The summed E-state index contributed by atoms with van der Waals surface area (Å²) in [6.45, 7) is -1.34. The van der Waals surface area contributed by atoms with Crippen molar-refractivity contribution in [3.05, 3.63) is 63.6 Å². The van der Waals surface area contributed by atoms with Crippen LogP contribution in [0.3, 0.4) is 0 Å². The molecule has 1 unspecified atom stereocenters. The van der Waals surface area contributed by atoms with Gasteiger partial charge in [0.15, 0.2) is 5.92 Å². The normalized spacial score (nSPS) is 19.8. The number of carbonyl (C=O) groups excluding carboxylic acids is 2. The molecule has 2 aromatic carbocycles. The van der Waals surface area contributed by atoms with E-state index in [0.717, 1.165) is 26.2 Å². The van der Waals surface area contributed by atoms with Crippen LogP contribution < -0.4 is 10.6 Å². The molecule has 2 aliphatic rings. The minimum absolute atomic E-state index is 0.000119. The summed E-state index contributed by atoms with van der Waals surface area (Å²) in [5.74, 6) is -4.42. The number of imidazole rings is 1. The number of imide groups is 1. The Kier molecular flexibility index (Phi) is 6.65. The Labute approximate surface area is 227 Å². The molecule has 41 heavy (non-hydrogen) atoms. The van der Waals surface area contributed by atoms with Gasteiger partial charge in [-0.3, -0.25) is 28.5 Å². The maximum absolute atomic E-state index is 13.7. The number of carboxylic acid groups (broad SMARTS) is 1. The van der Waals surface area contributed by atoms with Gasteiger partial charge in [-0.1, -0.05) is 12.1 Å². The van der Waals surface area contributed by atoms with Crippen LogP contribution in [0.2, 0.25) is 0 Å².